The summed E-state index contributed by atoms with van der Waals surface area (Å²) in [5.74, 6) is 1.02. The summed E-state index contributed by atoms with van der Waals surface area (Å²) in [5, 5.41) is 9.92. The van der Waals surface area contributed by atoms with Crippen molar-refractivity contribution in [2.45, 2.75) is 37.4 Å². The Morgan fingerprint density at radius 3 is 2.76 bits per heavy atom. The van der Waals surface area contributed by atoms with Crippen molar-refractivity contribution in [2.75, 3.05) is 0 Å². The van der Waals surface area contributed by atoms with Gasteiger partial charge in [0, 0.05) is 19.3 Å². The number of nitrogens with one attached hydrogen (secondary N) is 1. The standard InChI is InChI=1S/C13H19N3O4S/c1-9(7-11(17)12-5-4-6-20-12)15-21(18,19)13-8-16(3)10(2)14-13/h4-6,8-9,11,15,17H,7H2,1-3H3. The molecule has 21 heavy (non-hydrogen) atoms. The molecule has 0 radical (unpaired) electrons. The monoisotopic (exact) mass is 313 g/mol. The molecule has 8 heteroatoms. The minimum absolute atomic E-state index is 0.0261. The third-order valence-electron chi connectivity index (χ3n) is 3.17. The van der Waals surface area contributed by atoms with Gasteiger partial charge in [0.25, 0.3) is 10.0 Å². The minimum atomic E-state index is -3.70. The van der Waals surface area contributed by atoms with Gasteiger partial charge in [-0.2, -0.15) is 0 Å². The van der Waals surface area contributed by atoms with Crippen molar-refractivity contribution in [3.8, 4) is 0 Å². The lowest BCUT2D eigenvalue weighted by atomic mass is 10.1. The maximum atomic E-state index is 12.2. The molecule has 0 aromatic carbocycles. The van der Waals surface area contributed by atoms with Gasteiger partial charge in [-0.15, -0.1) is 0 Å². The van der Waals surface area contributed by atoms with E-state index in [0.717, 1.165) is 0 Å². The van der Waals surface area contributed by atoms with Gasteiger partial charge in [-0.25, -0.2) is 18.1 Å². The zero-order chi connectivity index (χ0) is 15.6. The molecule has 116 valence electrons. The topological polar surface area (TPSA) is 97.4 Å². The van der Waals surface area contributed by atoms with Gasteiger partial charge in [0.1, 0.15) is 17.7 Å². The molecule has 2 heterocycles. The average Bonchev–Trinajstić information content (AvgIpc) is 2.99. The molecular formula is C13H19N3O4S. The Morgan fingerprint density at radius 2 is 2.24 bits per heavy atom. The van der Waals surface area contributed by atoms with Gasteiger partial charge in [-0.3, -0.25) is 0 Å². The summed E-state index contributed by atoms with van der Waals surface area (Å²) in [6.07, 6.45) is 2.26. The van der Waals surface area contributed by atoms with E-state index in [2.05, 4.69) is 9.71 Å². The SMILES string of the molecule is Cc1nc(S(=O)(=O)NC(C)CC(O)c2ccco2)cn1C. The van der Waals surface area contributed by atoms with Crippen LogP contribution in [0, 0.1) is 6.92 Å². The molecule has 2 rings (SSSR count). The Labute approximate surface area is 123 Å². The quantitative estimate of drug-likeness (QED) is 0.832. The van der Waals surface area contributed by atoms with Gasteiger partial charge in [0.05, 0.1) is 6.26 Å². The largest absolute Gasteiger partial charge is 0.467 e. The molecule has 0 spiro atoms. The Bertz CT molecular complexity index is 672. The van der Waals surface area contributed by atoms with Crippen molar-refractivity contribution in [3.63, 3.8) is 0 Å². The van der Waals surface area contributed by atoms with Crippen LogP contribution < -0.4 is 4.72 Å². The van der Waals surface area contributed by atoms with Gasteiger partial charge >= 0.3 is 0 Å². The van der Waals surface area contributed by atoms with Crippen LogP contribution in [0.25, 0.3) is 0 Å². The summed E-state index contributed by atoms with van der Waals surface area (Å²) < 4.78 is 33.6. The molecule has 0 saturated heterocycles. The van der Waals surface area contributed by atoms with E-state index in [1.54, 1.807) is 37.6 Å². The Balaban J connectivity index is 2.03. The number of nitrogens with zero attached hydrogens (tertiary/aromatic N) is 2. The van der Waals surface area contributed by atoms with Crippen LogP contribution in [0.1, 0.15) is 31.0 Å². The number of aliphatic hydroxyl groups is 1. The maximum Gasteiger partial charge on any atom is 0.259 e. The lowest BCUT2D eigenvalue weighted by Crippen LogP contribution is -2.34. The van der Waals surface area contributed by atoms with Crippen molar-refractivity contribution in [2.24, 2.45) is 7.05 Å². The summed E-state index contributed by atoms with van der Waals surface area (Å²) in [6.45, 7) is 3.41. The zero-order valence-electron chi connectivity index (χ0n) is 12.1. The highest BCUT2D eigenvalue weighted by atomic mass is 32.2. The highest BCUT2D eigenvalue weighted by Crippen LogP contribution is 2.19. The number of aromatic nitrogens is 2. The molecule has 0 saturated carbocycles. The van der Waals surface area contributed by atoms with Crippen LogP contribution in [0.5, 0.6) is 0 Å². The normalized spacial score (nSPS) is 15.0. The van der Waals surface area contributed by atoms with Crippen LogP contribution in [0.4, 0.5) is 0 Å². The van der Waals surface area contributed by atoms with Crippen molar-refractivity contribution in [1.29, 1.82) is 0 Å². The highest BCUT2D eigenvalue weighted by Gasteiger charge is 2.23. The first-order valence-electron chi connectivity index (χ1n) is 6.53. The number of aryl methyl sites for hydroxylation is 2. The molecule has 0 amide bonds. The number of furan rings is 1. The summed E-state index contributed by atoms with van der Waals surface area (Å²) >= 11 is 0. The Morgan fingerprint density at radius 1 is 1.52 bits per heavy atom. The lowest BCUT2D eigenvalue weighted by molar-refractivity contribution is 0.132. The third-order valence-corrected chi connectivity index (χ3v) is 4.63. The maximum absolute atomic E-state index is 12.2. The van der Waals surface area contributed by atoms with Gasteiger partial charge in [-0.05, 0) is 32.4 Å². The van der Waals surface area contributed by atoms with E-state index in [1.807, 2.05) is 0 Å². The van der Waals surface area contributed by atoms with E-state index in [4.69, 9.17) is 4.42 Å². The molecule has 2 aromatic heterocycles. The van der Waals surface area contributed by atoms with E-state index < -0.39 is 22.2 Å². The summed E-state index contributed by atoms with van der Waals surface area (Å²) in [4.78, 5) is 4.00. The molecule has 2 atom stereocenters. The fraction of sp³-hybridized carbons (Fsp3) is 0.462. The molecule has 2 N–H and O–H groups in total. The predicted octanol–water partition coefficient (Wildman–Crippen LogP) is 1.11. The van der Waals surface area contributed by atoms with Crippen LogP contribution in [-0.4, -0.2) is 29.1 Å². The molecule has 0 aliphatic rings. The first-order valence-corrected chi connectivity index (χ1v) is 8.01. The molecule has 0 aliphatic heterocycles. The lowest BCUT2D eigenvalue weighted by Gasteiger charge is -2.15. The van der Waals surface area contributed by atoms with Gasteiger partial charge in [0.15, 0.2) is 5.03 Å². The first-order chi connectivity index (χ1) is 9.79. The molecule has 0 fully saturated rings. The second-order valence-corrected chi connectivity index (χ2v) is 6.69. The molecule has 0 bridgehead atoms. The average molecular weight is 313 g/mol. The van der Waals surface area contributed by atoms with E-state index in [9.17, 15) is 13.5 Å². The van der Waals surface area contributed by atoms with Crippen LogP contribution in [0.3, 0.4) is 0 Å². The molecule has 2 aromatic rings. The number of sulfonamides is 1. The molecular weight excluding hydrogens is 294 g/mol. The van der Waals surface area contributed by atoms with E-state index in [0.29, 0.717) is 11.6 Å². The van der Waals surface area contributed by atoms with E-state index >= 15 is 0 Å². The highest BCUT2D eigenvalue weighted by molar-refractivity contribution is 7.89. The second kappa shape index (κ2) is 6.00. The van der Waals surface area contributed by atoms with E-state index in [1.165, 1.54) is 12.5 Å². The number of hydrogen-bond donors (Lipinski definition) is 2. The smallest absolute Gasteiger partial charge is 0.259 e. The first kappa shape index (κ1) is 15.7. The predicted molar refractivity (Wildman–Crippen MR) is 76.0 cm³/mol. The van der Waals surface area contributed by atoms with Crippen LogP contribution in [-0.2, 0) is 17.1 Å². The Kier molecular flexibility index (Phi) is 4.50. The van der Waals surface area contributed by atoms with Crippen molar-refractivity contribution in [3.05, 3.63) is 36.2 Å². The minimum Gasteiger partial charge on any atom is -0.467 e. The third kappa shape index (κ3) is 3.72. The number of imidazole rings is 1. The summed E-state index contributed by atoms with van der Waals surface area (Å²) in [7, 11) is -1.97. The van der Waals surface area contributed by atoms with Crippen molar-refractivity contribution < 1.29 is 17.9 Å². The van der Waals surface area contributed by atoms with Crippen molar-refractivity contribution >= 4 is 10.0 Å². The molecule has 7 nitrogen and oxygen atoms in total. The van der Waals surface area contributed by atoms with Gasteiger partial charge < -0.3 is 14.1 Å². The van der Waals surface area contributed by atoms with E-state index in [-0.39, 0.29) is 11.4 Å². The summed E-state index contributed by atoms with van der Waals surface area (Å²) in [5.41, 5.74) is 0. The molecule has 0 aliphatic carbocycles. The Hall–Kier alpha value is -1.64. The second-order valence-electron chi connectivity index (χ2n) is 5.03. The fourth-order valence-electron chi connectivity index (χ4n) is 1.96. The molecule has 2 unspecified atom stereocenters. The van der Waals surface area contributed by atoms with Crippen LogP contribution in [0.15, 0.2) is 34.0 Å². The number of aliphatic hydroxyl groups excluding tert-OH is 1. The zero-order valence-corrected chi connectivity index (χ0v) is 13.0. The van der Waals surface area contributed by atoms with Gasteiger partial charge in [-0.1, -0.05) is 0 Å². The van der Waals surface area contributed by atoms with Gasteiger partial charge in [0.2, 0.25) is 0 Å². The number of hydrogen-bond acceptors (Lipinski definition) is 5. The fourth-order valence-corrected chi connectivity index (χ4v) is 3.26. The van der Waals surface area contributed by atoms with Crippen molar-refractivity contribution in [1.82, 2.24) is 14.3 Å². The van der Waals surface area contributed by atoms with Crippen LogP contribution >= 0.6 is 0 Å². The number of rotatable bonds is 6. The summed E-state index contributed by atoms with van der Waals surface area (Å²) in [6, 6.07) is 2.86. The van der Waals surface area contributed by atoms with Crippen LogP contribution in [0.2, 0.25) is 0 Å².